The van der Waals surface area contributed by atoms with E-state index in [1.54, 1.807) is 0 Å². The molecule has 0 heterocycles. The molecule has 0 N–H and O–H groups in total. The molecule has 130 valence electrons. The predicted molar refractivity (Wildman–Crippen MR) is 90.5 cm³/mol. The van der Waals surface area contributed by atoms with E-state index in [1.165, 1.54) is 19.3 Å². The molecule has 0 aromatic carbocycles. The van der Waals surface area contributed by atoms with Gasteiger partial charge in [-0.2, -0.15) is 0 Å². The molecule has 0 radical (unpaired) electrons. The van der Waals surface area contributed by atoms with Gasteiger partial charge in [-0.1, -0.05) is 60.8 Å². The van der Waals surface area contributed by atoms with Gasteiger partial charge in [0.1, 0.15) is 0 Å². The number of ether oxygens (including phenoxy) is 2. The largest absolute Gasteiger partial charge is 0.436 e. The molecule has 2 atom stereocenters. The van der Waals surface area contributed by atoms with Crippen LogP contribution in [0.5, 0.6) is 0 Å². The van der Waals surface area contributed by atoms with Gasteiger partial charge in [-0.3, -0.25) is 4.79 Å². The molecule has 3 nitrogen and oxygen atoms in total. The molecular weight excluding hydrogens is 276 g/mol. The average Bonchev–Trinajstić information content (AvgIpc) is 2.36. The minimum Gasteiger partial charge on any atom is -0.436 e. The highest BCUT2D eigenvalue weighted by Crippen LogP contribution is 2.28. The first-order chi connectivity index (χ1) is 10.2. The Morgan fingerprint density at radius 2 is 1.68 bits per heavy atom. The zero-order valence-electron chi connectivity index (χ0n) is 15.5. The number of hydrogen-bond acceptors (Lipinski definition) is 3. The third kappa shape index (κ3) is 8.17. The maximum Gasteiger partial charge on any atom is 0.310 e. The summed E-state index contributed by atoms with van der Waals surface area (Å²) >= 11 is 0. The van der Waals surface area contributed by atoms with E-state index < -0.39 is 6.29 Å². The van der Waals surface area contributed by atoms with E-state index >= 15 is 0 Å². The zero-order chi connectivity index (χ0) is 16.8. The molecule has 22 heavy (non-hydrogen) atoms. The standard InChI is InChI=1S/C19H36O3/c1-14(2)12-15(3)18(20)22-17(13-19(4,5)6)21-16-10-8-7-9-11-16/h14-17H,7-13H2,1-6H3. The molecule has 0 saturated heterocycles. The first-order valence-corrected chi connectivity index (χ1v) is 9.03. The summed E-state index contributed by atoms with van der Waals surface area (Å²) < 4.78 is 11.9. The molecule has 0 spiro atoms. The van der Waals surface area contributed by atoms with Crippen molar-refractivity contribution in [1.29, 1.82) is 0 Å². The van der Waals surface area contributed by atoms with Crippen molar-refractivity contribution >= 4 is 5.97 Å². The van der Waals surface area contributed by atoms with E-state index in [1.807, 2.05) is 6.92 Å². The summed E-state index contributed by atoms with van der Waals surface area (Å²) in [5.41, 5.74) is 0.0842. The van der Waals surface area contributed by atoms with Crippen LogP contribution in [-0.4, -0.2) is 18.4 Å². The minimum atomic E-state index is -0.398. The summed E-state index contributed by atoms with van der Waals surface area (Å²) in [6, 6.07) is 0. The first-order valence-electron chi connectivity index (χ1n) is 9.03. The van der Waals surface area contributed by atoms with Crippen LogP contribution in [-0.2, 0) is 14.3 Å². The van der Waals surface area contributed by atoms with E-state index in [0.717, 1.165) is 25.7 Å². The second kappa shape index (κ2) is 8.90. The van der Waals surface area contributed by atoms with Crippen LogP contribution in [0.3, 0.4) is 0 Å². The lowest BCUT2D eigenvalue weighted by Crippen LogP contribution is -2.33. The average molecular weight is 312 g/mol. The highest BCUT2D eigenvalue weighted by atomic mass is 16.7. The van der Waals surface area contributed by atoms with Gasteiger partial charge in [0.25, 0.3) is 0 Å². The molecule has 1 saturated carbocycles. The fraction of sp³-hybridized carbons (Fsp3) is 0.947. The highest BCUT2D eigenvalue weighted by Gasteiger charge is 2.28. The molecule has 0 bridgehead atoms. The molecule has 0 amide bonds. The van der Waals surface area contributed by atoms with E-state index in [2.05, 4.69) is 34.6 Å². The quantitative estimate of drug-likeness (QED) is 0.471. The summed E-state index contributed by atoms with van der Waals surface area (Å²) in [6.45, 7) is 12.7. The molecule has 0 aromatic heterocycles. The van der Waals surface area contributed by atoms with Crippen molar-refractivity contribution in [3.63, 3.8) is 0 Å². The minimum absolute atomic E-state index is 0.0579. The first kappa shape index (κ1) is 19.5. The van der Waals surface area contributed by atoms with Gasteiger partial charge >= 0.3 is 5.97 Å². The van der Waals surface area contributed by atoms with Crippen molar-refractivity contribution in [2.24, 2.45) is 17.3 Å². The monoisotopic (exact) mass is 312 g/mol. The van der Waals surface area contributed by atoms with Crippen molar-refractivity contribution in [1.82, 2.24) is 0 Å². The maximum atomic E-state index is 12.3. The smallest absolute Gasteiger partial charge is 0.310 e. The van der Waals surface area contributed by atoms with Crippen LogP contribution in [0.15, 0.2) is 0 Å². The maximum absolute atomic E-state index is 12.3. The van der Waals surface area contributed by atoms with Crippen LogP contribution >= 0.6 is 0 Å². The Balaban J connectivity index is 2.58. The molecule has 0 aliphatic heterocycles. The third-order valence-corrected chi connectivity index (χ3v) is 4.15. The van der Waals surface area contributed by atoms with Crippen LogP contribution in [0.25, 0.3) is 0 Å². The number of hydrogen-bond donors (Lipinski definition) is 0. The SMILES string of the molecule is CC(C)CC(C)C(=O)OC(CC(C)(C)C)OC1CCCCC1. The van der Waals surface area contributed by atoms with E-state index in [0.29, 0.717) is 5.92 Å². The molecule has 0 aromatic rings. The number of carbonyl (C=O) groups is 1. The van der Waals surface area contributed by atoms with Gasteiger partial charge in [0.2, 0.25) is 6.29 Å². The van der Waals surface area contributed by atoms with Crippen molar-refractivity contribution in [2.75, 3.05) is 0 Å². The lowest BCUT2D eigenvalue weighted by atomic mass is 9.91. The highest BCUT2D eigenvalue weighted by molar-refractivity contribution is 5.72. The van der Waals surface area contributed by atoms with Crippen LogP contribution in [0.4, 0.5) is 0 Å². The van der Waals surface area contributed by atoms with Gasteiger partial charge in [0, 0.05) is 6.42 Å². The van der Waals surface area contributed by atoms with Gasteiger partial charge in [0.05, 0.1) is 12.0 Å². The summed E-state index contributed by atoms with van der Waals surface area (Å²) in [5, 5.41) is 0. The van der Waals surface area contributed by atoms with E-state index in [9.17, 15) is 4.79 Å². The molecule has 1 aliphatic rings. The van der Waals surface area contributed by atoms with Crippen LogP contribution < -0.4 is 0 Å². The van der Waals surface area contributed by atoms with Gasteiger partial charge in [-0.15, -0.1) is 0 Å². The molecule has 1 aliphatic carbocycles. The van der Waals surface area contributed by atoms with Gasteiger partial charge in [-0.05, 0) is 30.6 Å². The summed E-state index contributed by atoms with van der Waals surface area (Å²) in [5.74, 6) is 0.332. The number of esters is 1. The Morgan fingerprint density at radius 3 is 2.18 bits per heavy atom. The van der Waals surface area contributed by atoms with Crippen molar-refractivity contribution in [3.05, 3.63) is 0 Å². The van der Waals surface area contributed by atoms with Crippen molar-refractivity contribution < 1.29 is 14.3 Å². The van der Waals surface area contributed by atoms with Gasteiger partial charge in [-0.25, -0.2) is 0 Å². The lowest BCUT2D eigenvalue weighted by molar-refractivity contribution is -0.203. The second-order valence-electron chi connectivity index (χ2n) is 8.56. The Labute approximate surface area is 137 Å². The number of carbonyl (C=O) groups excluding carboxylic acids is 1. The molecule has 3 heteroatoms. The summed E-state index contributed by atoms with van der Waals surface area (Å²) in [7, 11) is 0. The van der Waals surface area contributed by atoms with Gasteiger partial charge < -0.3 is 9.47 Å². The Morgan fingerprint density at radius 1 is 1.09 bits per heavy atom. The van der Waals surface area contributed by atoms with E-state index in [4.69, 9.17) is 9.47 Å². The Bertz CT molecular complexity index is 324. The summed E-state index contributed by atoms with van der Waals surface area (Å²) in [6.07, 6.45) is 7.43. The third-order valence-electron chi connectivity index (χ3n) is 4.15. The fourth-order valence-corrected chi connectivity index (χ4v) is 3.08. The number of rotatable bonds is 7. The van der Waals surface area contributed by atoms with Crippen molar-refractivity contribution in [3.8, 4) is 0 Å². The topological polar surface area (TPSA) is 35.5 Å². The lowest BCUT2D eigenvalue weighted by Gasteiger charge is -2.31. The van der Waals surface area contributed by atoms with Crippen LogP contribution in [0.2, 0.25) is 0 Å². The molecular formula is C19H36O3. The molecule has 2 unspecified atom stereocenters. The second-order valence-corrected chi connectivity index (χ2v) is 8.56. The van der Waals surface area contributed by atoms with E-state index in [-0.39, 0.29) is 23.4 Å². The van der Waals surface area contributed by atoms with Crippen LogP contribution in [0, 0.1) is 17.3 Å². The molecule has 1 rings (SSSR count). The zero-order valence-corrected chi connectivity index (χ0v) is 15.5. The van der Waals surface area contributed by atoms with Crippen LogP contribution in [0.1, 0.15) is 86.5 Å². The van der Waals surface area contributed by atoms with Gasteiger partial charge in [0.15, 0.2) is 0 Å². The summed E-state index contributed by atoms with van der Waals surface area (Å²) in [4.78, 5) is 12.3. The Kier molecular flexibility index (Phi) is 7.88. The fourth-order valence-electron chi connectivity index (χ4n) is 3.08. The normalized spacial score (nSPS) is 20.0. The Hall–Kier alpha value is -0.570. The van der Waals surface area contributed by atoms with Crippen molar-refractivity contribution in [2.45, 2.75) is 98.9 Å². The molecule has 1 fully saturated rings. The predicted octanol–water partition coefficient (Wildman–Crippen LogP) is 5.32.